The zero-order chi connectivity index (χ0) is 9.07. The third-order valence-corrected chi connectivity index (χ3v) is 2.98. The Balaban J connectivity index is 4.02. The molecule has 0 spiro atoms. The smallest absolute Gasteiger partial charge is 0.231 e. The molecule has 1 N–H and O–H groups in total. The van der Waals surface area contributed by atoms with E-state index in [1.54, 1.807) is 13.8 Å². The molecule has 5 heteroatoms. The summed E-state index contributed by atoms with van der Waals surface area (Å²) in [4.78, 5) is 9.60. The van der Waals surface area contributed by atoms with E-state index in [9.17, 15) is 9.90 Å². The molecule has 0 aromatic heterocycles. The molecular formula is C6H12O2S3. The van der Waals surface area contributed by atoms with Gasteiger partial charge < -0.3 is 5.11 Å². The van der Waals surface area contributed by atoms with Crippen LogP contribution in [-0.2, 0) is 4.79 Å². The maximum absolute atomic E-state index is 11.1. The van der Waals surface area contributed by atoms with Crippen LogP contribution in [0.4, 0.5) is 0 Å². The second kappa shape index (κ2) is 4.64. The average molecular weight is 212 g/mol. The minimum Gasteiger partial charge on any atom is -0.372 e. The standard InChI is InChI=1S/C6H12O2S3/c1-3-6(8,10)5(7)11-4(2)9/h4,8-10H,3H2,1-2H3. The molecular weight excluding hydrogens is 200 g/mol. The topological polar surface area (TPSA) is 37.3 Å². The quantitative estimate of drug-likeness (QED) is 0.491. The third-order valence-electron chi connectivity index (χ3n) is 1.10. The van der Waals surface area contributed by atoms with Gasteiger partial charge in [0.2, 0.25) is 5.12 Å². The molecule has 0 aliphatic carbocycles. The summed E-state index contributed by atoms with van der Waals surface area (Å²) in [7, 11) is 0. The predicted molar refractivity (Wildman–Crippen MR) is 55.3 cm³/mol. The largest absolute Gasteiger partial charge is 0.372 e. The normalized spacial score (nSPS) is 19.0. The van der Waals surface area contributed by atoms with Gasteiger partial charge in [-0.05, 0) is 13.3 Å². The second-order valence-electron chi connectivity index (χ2n) is 2.17. The first-order valence-corrected chi connectivity index (χ1v) is 5.08. The second-order valence-corrected chi connectivity index (χ2v) is 5.35. The van der Waals surface area contributed by atoms with Crippen molar-refractivity contribution in [2.24, 2.45) is 0 Å². The molecule has 0 amide bonds. The summed E-state index contributed by atoms with van der Waals surface area (Å²) < 4.78 is -0.104. The fraction of sp³-hybridized carbons (Fsp3) is 0.833. The van der Waals surface area contributed by atoms with E-state index in [0.29, 0.717) is 6.42 Å². The van der Waals surface area contributed by atoms with Crippen LogP contribution in [0, 0.1) is 0 Å². The van der Waals surface area contributed by atoms with Crippen molar-refractivity contribution in [3.05, 3.63) is 0 Å². The molecule has 0 aliphatic heterocycles. The molecule has 0 aromatic rings. The molecule has 66 valence electrons. The van der Waals surface area contributed by atoms with Gasteiger partial charge in [0.05, 0.1) is 4.58 Å². The first-order valence-electron chi connectivity index (χ1n) is 3.24. The van der Waals surface area contributed by atoms with Crippen molar-refractivity contribution in [2.75, 3.05) is 0 Å². The van der Waals surface area contributed by atoms with E-state index in [1.165, 1.54) is 0 Å². The van der Waals surface area contributed by atoms with Crippen molar-refractivity contribution >= 4 is 42.1 Å². The number of carbonyl (C=O) groups excluding carboxylic acids is 1. The summed E-state index contributed by atoms with van der Waals surface area (Å²) in [5.41, 5.74) is 0. The Morgan fingerprint density at radius 2 is 2.27 bits per heavy atom. The van der Waals surface area contributed by atoms with Crippen LogP contribution in [0.3, 0.4) is 0 Å². The van der Waals surface area contributed by atoms with Gasteiger partial charge in [-0.2, -0.15) is 12.6 Å². The van der Waals surface area contributed by atoms with Gasteiger partial charge in [0.15, 0.2) is 4.93 Å². The van der Waals surface area contributed by atoms with E-state index in [1.807, 2.05) is 0 Å². The SMILES string of the molecule is CCC(O)(S)C(=O)SC(C)S. The van der Waals surface area contributed by atoms with Crippen LogP contribution in [0.25, 0.3) is 0 Å². The summed E-state index contributed by atoms with van der Waals surface area (Å²) in [5, 5.41) is 8.96. The van der Waals surface area contributed by atoms with Crippen LogP contribution in [0.5, 0.6) is 0 Å². The van der Waals surface area contributed by atoms with E-state index in [4.69, 9.17) is 0 Å². The number of rotatable bonds is 3. The van der Waals surface area contributed by atoms with Crippen molar-refractivity contribution in [1.82, 2.24) is 0 Å². The Hall–Kier alpha value is 0.680. The highest BCUT2D eigenvalue weighted by Gasteiger charge is 2.30. The van der Waals surface area contributed by atoms with Gasteiger partial charge in [-0.25, -0.2) is 0 Å². The monoisotopic (exact) mass is 212 g/mol. The lowest BCUT2D eigenvalue weighted by molar-refractivity contribution is -0.120. The fourth-order valence-electron chi connectivity index (χ4n) is 0.394. The van der Waals surface area contributed by atoms with Gasteiger partial charge in [-0.3, -0.25) is 4.79 Å². The summed E-state index contributed by atoms with van der Waals surface area (Å²) in [6.45, 7) is 3.47. The molecule has 0 aromatic carbocycles. The van der Waals surface area contributed by atoms with E-state index >= 15 is 0 Å². The Kier molecular flexibility index (Phi) is 4.93. The van der Waals surface area contributed by atoms with Crippen LogP contribution in [-0.4, -0.2) is 19.7 Å². The highest BCUT2D eigenvalue weighted by atomic mass is 32.2. The van der Waals surface area contributed by atoms with Crippen molar-refractivity contribution in [1.29, 1.82) is 0 Å². The lowest BCUT2D eigenvalue weighted by Crippen LogP contribution is -2.29. The number of hydrogen-bond donors (Lipinski definition) is 3. The summed E-state index contributed by atoms with van der Waals surface area (Å²) in [5.74, 6) is 0. The molecule has 2 nitrogen and oxygen atoms in total. The first kappa shape index (κ1) is 11.7. The van der Waals surface area contributed by atoms with Crippen molar-refractivity contribution in [3.8, 4) is 0 Å². The van der Waals surface area contributed by atoms with Crippen LogP contribution < -0.4 is 0 Å². The molecule has 0 radical (unpaired) electrons. The molecule has 0 heterocycles. The molecule has 0 bridgehead atoms. The third kappa shape index (κ3) is 4.30. The Bertz CT molecular complexity index is 145. The maximum atomic E-state index is 11.1. The van der Waals surface area contributed by atoms with Crippen LogP contribution in [0.1, 0.15) is 20.3 Å². The molecule has 0 saturated carbocycles. The van der Waals surface area contributed by atoms with E-state index < -0.39 is 4.93 Å². The summed E-state index contributed by atoms with van der Waals surface area (Å²) in [6, 6.07) is 0. The minimum atomic E-state index is -1.50. The number of thiol groups is 2. The highest BCUT2D eigenvalue weighted by Crippen LogP contribution is 2.26. The Labute approximate surface area is 82.0 Å². The van der Waals surface area contributed by atoms with E-state index in [-0.39, 0.29) is 9.70 Å². The fourth-order valence-corrected chi connectivity index (χ4v) is 1.48. The zero-order valence-corrected chi connectivity index (χ0v) is 9.05. The average Bonchev–Trinajstić information content (AvgIpc) is 1.86. The Morgan fingerprint density at radius 3 is 2.55 bits per heavy atom. The number of carbonyl (C=O) groups is 1. The molecule has 2 unspecified atom stereocenters. The van der Waals surface area contributed by atoms with Gasteiger partial charge in [-0.15, -0.1) is 12.6 Å². The highest BCUT2D eigenvalue weighted by molar-refractivity contribution is 8.21. The Morgan fingerprint density at radius 1 is 1.82 bits per heavy atom. The van der Waals surface area contributed by atoms with Crippen molar-refractivity contribution in [2.45, 2.75) is 29.8 Å². The van der Waals surface area contributed by atoms with E-state index in [2.05, 4.69) is 25.3 Å². The molecule has 0 fully saturated rings. The minimum absolute atomic E-state index is 0.104. The van der Waals surface area contributed by atoms with Gasteiger partial charge in [0, 0.05) is 0 Å². The zero-order valence-electron chi connectivity index (χ0n) is 6.44. The lowest BCUT2D eigenvalue weighted by Gasteiger charge is -2.18. The molecule has 0 saturated heterocycles. The summed E-state index contributed by atoms with van der Waals surface area (Å²) in [6.07, 6.45) is 0.308. The number of hydrogen-bond acceptors (Lipinski definition) is 5. The molecule has 0 rings (SSSR count). The van der Waals surface area contributed by atoms with Crippen LogP contribution >= 0.6 is 37.0 Å². The van der Waals surface area contributed by atoms with Gasteiger partial charge >= 0.3 is 0 Å². The van der Waals surface area contributed by atoms with Crippen LogP contribution in [0.15, 0.2) is 0 Å². The first-order chi connectivity index (χ1) is 4.90. The van der Waals surface area contributed by atoms with Gasteiger partial charge in [-0.1, -0.05) is 18.7 Å². The number of aliphatic hydroxyl groups is 1. The van der Waals surface area contributed by atoms with E-state index in [0.717, 1.165) is 11.8 Å². The van der Waals surface area contributed by atoms with Gasteiger partial charge in [0.1, 0.15) is 0 Å². The summed E-state index contributed by atoms with van der Waals surface area (Å²) >= 11 is 8.80. The molecule has 2 atom stereocenters. The van der Waals surface area contributed by atoms with Crippen LogP contribution in [0.2, 0.25) is 0 Å². The van der Waals surface area contributed by atoms with Gasteiger partial charge in [0.25, 0.3) is 0 Å². The lowest BCUT2D eigenvalue weighted by atomic mass is 10.3. The number of thioether (sulfide) groups is 1. The molecule has 11 heavy (non-hydrogen) atoms. The molecule has 0 aliphatic rings. The maximum Gasteiger partial charge on any atom is 0.231 e. The predicted octanol–water partition coefficient (Wildman–Crippen LogP) is 1.55. The van der Waals surface area contributed by atoms with Crippen molar-refractivity contribution in [3.63, 3.8) is 0 Å². The van der Waals surface area contributed by atoms with Crippen molar-refractivity contribution < 1.29 is 9.90 Å².